The van der Waals surface area contributed by atoms with Crippen LogP contribution in [-0.2, 0) is 4.79 Å². The Bertz CT molecular complexity index is 796. The zero-order valence-electron chi connectivity index (χ0n) is 13.0. The van der Waals surface area contributed by atoms with E-state index in [-0.39, 0.29) is 17.0 Å². The van der Waals surface area contributed by atoms with Gasteiger partial charge in [-0.2, -0.15) is 17.6 Å². The van der Waals surface area contributed by atoms with Crippen LogP contribution in [0.1, 0.15) is 5.56 Å². The van der Waals surface area contributed by atoms with Crippen molar-refractivity contribution in [3.05, 3.63) is 59.9 Å². The average Bonchev–Trinajstić information content (AvgIpc) is 2.55. The normalized spacial score (nSPS) is 11.2. The summed E-state index contributed by atoms with van der Waals surface area (Å²) in [6, 6.07) is 8.53. The summed E-state index contributed by atoms with van der Waals surface area (Å²) in [7, 11) is 0. The second kappa shape index (κ2) is 8.84. The van der Waals surface area contributed by atoms with Gasteiger partial charge >= 0.3 is 13.2 Å². The minimum Gasteiger partial charge on any atom is -0.435 e. The number of carbonyl (C=O) groups is 1. The molecule has 0 radical (unpaired) electrons. The largest absolute Gasteiger partial charge is 0.435 e. The van der Waals surface area contributed by atoms with E-state index in [1.54, 1.807) is 0 Å². The Kier molecular flexibility index (Phi) is 6.54. The fourth-order valence-electron chi connectivity index (χ4n) is 1.93. The molecule has 26 heavy (non-hydrogen) atoms. The molecule has 0 unspecified atom stereocenters. The molecule has 0 heterocycles. The van der Waals surface area contributed by atoms with Crippen LogP contribution in [0.25, 0.3) is 6.08 Å². The van der Waals surface area contributed by atoms with Gasteiger partial charge in [0.1, 0.15) is 17.3 Å². The molecule has 1 amide bonds. The highest BCUT2D eigenvalue weighted by atomic mass is 19.3. The third kappa shape index (κ3) is 5.76. The molecule has 0 saturated heterocycles. The lowest BCUT2D eigenvalue weighted by Gasteiger charge is -2.11. The van der Waals surface area contributed by atoms with Crippen LogP contribution in [0.15, 0.2) is 48.5 Å². The first-order valence-corrected chi connectivity index (χ1v) is 7.12. The molecule has 138 valence electrons. The monoisotopic (exact) mass is 373 g/mol. The molecule has 2 aromatic carbocycles. The zero-order chi connectivity index (χ0) is 19.1. The van der Waals surface area contributed by atoms with Crippen molar-refractivity contribution in [1.82, 2.24) is 0 Å². The minimum atomic E-state index is -3.21. The number of anilines is 1. The molecule has 9 heteroatoms. The van der Waals surface area contributed by atoms with Crippen molar-refractivity contribution in [3.63, 3.8) is 0 Å². The van der Waals surface area contributed by atoms with Crippen LogP contribution in [0.5, 0.6) is 11.5 Å². The predicted octanol–water partition coefficient (Wildman–Crippen LogP) is 4.68. The second-order valence-electron chi connectivity index (χ2n) is 4.76. The number of nitrogens with one attached hydrogen (secondary N) is 1. The predicted molar refractivity (Wildman–Crippen MR) is 83.8 cm³/mol. The quantitative estimate of drug-likeness (QED) is 0.566. The van der Waals surface area contributed by atoms with E-state index < -0.39 is 30.7 Å². The highest BCUT2D eigenvalue weighted by Crippen LogP contribution is 2.28. The first-order chi connectivity index (χ1) is 12.3. The van der Waals surface area contributed by atoms with Crippen molar-refractivity contribution in [2.24, 2.45) is 0 Å². The van der Waals surface area contributed by atoms with Crippen LogP contribution >= 0.6 is 0 Å². The summed E-state index contributed by atoms with van der Waals surface area (Å²) in [5, 5.41) is 2.26. The van der Waals surface area contributed by atoms with Gasteiger partial charge < -0.3 is 14.8 Å². The number of carbonyl (C=O) groups excluding carboxylic acids is 1. The van der Waals surface area contributed by atoms with Crippen LogP contribution in [-0.4, -0.2) is 19.1 Å². The molecule has 0 fully saturated rings. The summed E-state index contributed by atoms with van der Waals surface area (Å²) in [5.41, 5.74) is -0.0533. The molecule has 2 aromatic rings. The lowest BCUT2D eigenvalue weighted by molar-refractivity contribution is -0.111. The van der Waals surface area contributed by atoms with E-state index in [4.69, 9.17) is 0 Å². The van der Waals surface area contributed by atoms with E-state index in [9.17, 15) is 26.7 Å². The van der Waals surface area contributed by atoms with Crippen LogP contribution in [0.3, 0.4) is 0 Å². The van der Waals surface area contributed by atoms with E-state index in [0.717, 1.165) is 36.4 Å². The molecule has 0 aliphatic rings. The number of para-hydroxylation sites is 1. The Morgan fingerprint density at radius 1 is 1.00 bits per heavy atom. The summed E-state index contributed by atoms with van der Waals surface area (Å²) in [4.78, 5) is 11.8. The van der Waals surface area contributed by atoms with Crippen molar-refractivity contribution in [2.45, 2.75) is 13.2 Å². The lowest BCUT2D eigenvalue weighted by Crippen LogP contribution is -2.09. The molecule has 4 nitrogen and oxygen atoms in total. The van der Waals surface area contributed by atoms with E-state index in [0.29, 0.717) is 0 Å². The van der Waals surface area contributed by atoms with Crippen LogP contribution in [0, 0.1) is 5.82 Å². The van der Waals surface area contributed by atoms with Gasteiger partial charge in [0.05, 0.1) is 5.69 Å². The van der Waals surface area contributed by atoms with Crippen LogP contribution in [0.4, 0.5) is 27.6 Å². The average molecular weight is 373 g/mol. The Morgan fingerprint density at radius 2 is 1.69 bits per heavy atom. The van der Waals surface area contributed by atoms with E-state index in [1.165, 1.54) is 18.2 Å². The van der Waals surface area contributed by atoms with Gasteiger partial charge in [0.25, 0.3) is 0 Å². The molecule has 0 aliphatic heterocycles. The van der Waals surface area contributed by atoms with E-state index in [1.807, 2.05) is 0 Å². The number of rotatable bonds is 7. The van der Waals surface area contributed by atoms with Gasteiger partial charge in [-0.1, -0.05) is 12.1 Å². The standard InChI is InChI=1S/C17H12F5NO3/c18-12-3-1-2-4-13(12)23-15(24)8-6-10-5-7-11(25-16(19)20)9-14(10)26-17(21)22/h1-9,16-17H,(H,23,24)/b8-6+. The second-order valence-corrected chi connectivity index (χ2v) is 4.76. The zero-order valence-corrected chi connectivity index (χ0v) is 13.0. The smallest absolute Gasteiger partial charge is 0.387 e. The Hall–Kier alpha value is -3.10. The number of alkyl halides is 4. The number of hydrogen-bond acceptors (Lipinski definition) is 3. The number of halogens is 5. The van der Waals surface area contributed by atoms with E-state index >= 15 is 0 Å². The SMILES string of the molecule is O=C(/C=C/c1ccc(OC(F)F)cc1OC(F)F)Nc1ccccc1F. The van der Waals surface area contributed by atoms with E-state index in [2.05, 4.69) is 14.8 Å². The molecule has 0 bridgehead atoms. The van der Waals surface area contributed by atoms with Gasteiger partial charge in [0.2, 0.25) is 5.91 Å². The summed E-state index contributed by atoms with van der Waals surface area (Å²) in [6.45, 7) is -6.35. The lowest BCUT2D eigenvalue weighted by atomic mass is 10.1. The molecule has 2 rings (SSSR count). The first kappa shape index (κ1) is 19.2. The van der Waals surface area contributed by atoms with Gasteiger partial charge in [0, 0.05) is 17.7 Å². The molecule has 1 N–H and O–H groups in total. The number of benzene rings is 2. The van der Waals surface area contributed by atoms with Gasteiger partial charge in [-0.15, -0.1) is 0 Å². The van der Waals surface area contributed by atoms with Crippen molar-refractivity contribution in [3.8, 4) is 11.5 Å². The fourth-order valence-corrected chi connectivity index (χ4v) is 1.93. The third-order valence-corrected chi connectivity index (χ3v) is 2.97. The number of amides is 1. The maximum Gasteiger partial charge on any atom is 0.387 e. The molecule has 0 spiro atoms. The molecular weight excluding hydrogens is 361 g/mol. The summed E-state index contributed by atoms with van der Waals surface area (Å²) in [6.07, 6.45) is 2.06. The number of ether oxygens (including phenoxy) is 2. The highest BCUT2D eigenvalue weighted by molar-refractivity contribution is 6.02. The van der Waals surface area contributed by atoms with Crippen molar-refractivity contribution in [1.29, 1.82) is 0 Å². The maximum atomic E-state index is 13.5. The minimum absolute atomic E-state index is 0.00981. The maximum absolute atomic E-state index is 13.5. The molecule has 0 aromatic heterocycles. The topological polar surface area (TPSA) is 47.6 Å². The van der Waals surface area contributed by atoms with Crippen LogP contribution in [0.2, 0.25) is 0 Å². The summed E-state index contributed by atoms with van der Waals surface area (Å²) < 4.78 is 71.1. The molecule has 0 atom stereocenters. The van der Waals surface area contributed by atoms with Crippen molar-refractivity contribution < 1.29 is 36.2 Å². The van der Waals surface area contributed by atoms with Gasteiger partial charge in [0.15, 0.2) is 0 Å². The first-order valence-electron chi connectivity index (χ1n) is 7.12. The molecule has 0 aliphatic carbocycles. The summed E-state index contributed by atoms with van der Waals surface area (Å²) in [5.74, 6) is -2.23. The Labute approximate surface area is 144 Å². The van der Waals surface area contributed by atoms with Crippen molar-refractivity contribution in [2.75, 3.05) is 5.32 Å². The molecule has 0 saturated carbocycles. The Morgan fingerprint density at radius 3 is 2.35 bits per heavy atom. The van der Waals surface area contributed by atoms with Gasteiger partial charge in [-0.3, -0.25) is 4.79 Å². The van der Waals surface area contributed by atoms with Crippen LogP contribution < -0.4 is 14.8 Å². The third-order valence-electron chi connectivity index (χ3n) is 2.97. The fraction of sp³-hybridized carbons (Fsp3) is 0.118. The Balaban J connectivity index is 2.17. The number of hydrogen-bond donors (Lipinski definition) is 1. The summed E-state index contributed by atoms with van der Waals surface area (Å²) >= 11 is 0. The molecular formula is C17H12F5NO3. The van der Waals surface area contributed by atoms with Gasteiger partial charge in [-0.05, 0) is 30.3 Å². The highest BCUT2D eigenvalue weighted by Gasteiger charge is 2.12. The van der Waals surface area contributed by atoms with Crippen molar-refractivity contribution >= 4 is 17.7 Å². The van der Waals surface area contributed by atoms with Gasteiger partial charge in [-0.25, -0.2) is 4.39 Å².